The molecule has 96 valence electrons. The van der Waals surface area contributed by atoms with Gasteiger partial charge < -0.3 is 10.1 Å². The summed E-state index contributed by atoms with van der Waals surface area (Å²) in [5.74, 6) is 1.39. The first kappa shape index (κ1) is 11.5. The van der Waals surface area contributed by atoms with Crippen LogP contribution in [0.1, 0.15) is 18.4 Å². The number of rotatable bonds is 3. The van der Waals surface area contributed by atoms with Crippen LogP contribution in [0.3, 0.4) is 0 Å². The minimum Gasteiger partial charge on any atom is -0.381 e. The van der Waals surface area contributed by atoms with Crippen molar-refractivity contribution in [3.8, 4) is 0 Å². The average Bonchev–Trinajstić information content (AvgIpc) is 2.82. The molecule has 2 aromatic heterocycles. The van der Waals surface area contributed by atoms with Crippen molar-refractivity contribution in [2.75, 3.05) is 25.1 Å². The number of aromatic nitrogens is 3. The van der Waals surface area contributed by atoms with Crippen LogP contribution in [0.25, 0.3) is 5.65 Å². The molecule has 1 N–H and O–H groups in total. The van der Waals surface area contributed by atoms with Gasteiger partial charge in [-0.15, -0.1) is 5.10 Å². The summed E-state index contributed by atoms with van der Waals surface area (Å²) in [4.78, 5) is 4.51. The molecule has 0 unspecified atom stereocenters. The maximum Gasteiger partial charge on any atom is 0.243 e. The molecule has 5 nitrogen and oxygen atoms in total. The highest BCUT2D eigenvalue weighted by molar-refractivity contribution is 5.49. The van der Waals surface area contributed by atoms with Crippen molar-refractivity contribution < 1.29 is 4.74 Å². The van der Waals surface area contributed by atoms with Gasteiger partial charge in [0.15, 0.2) is 5.65 Å². The molecule has 18 heavy (non-hydrogen) atoms. The number of anilines is 1. The molecule has 0 bridgehead atoms. The lowest BCUT2D eigenvalue weighted by Crippen LogP contribution is -2.22. The topological polar surface area (TPSA) is 51.5 Å². The molecule has 1 fully saturated rings. The van der Waals surface area contributed by atoms with Gasteiger partial charge in [-0.1, -0.05) is 6.07 Å². The fourth-order valence-corrected chi connectivity index (χ4v) is 2.30. The monoisotopic (exact) mass is 246 g/mol. The van der Waals surface area contributed by atoms with Gasteiger partial charge in [-0.25, -0.2) is 4.52 Å². The number of ether oxygens (including phenoxy) is 1. The van der Waals surface area contributed by atoms with Gasteiger partial charge in [-0.2, -0.15) is 4.98 Å². The maximum atomic E-state index is 5.35. The first-order chi connectivity index (χ1) is 8.83. The van der Waals surface area contributed by atoms with E-state index in [1.165, 1.54) is 0 Å². The Balaban J connectivity index is 1.69. The normalized spacial score (nSPS) is 17.2. The van der Waals surface area contributed by atoms with Crippen molar-refractivity contribution in [1.82, 2.24) is 14.6 Å². The molecule has 3 heterocycles. The fourth-order valence-electron chi connectivity index (χ4n) is 2.30. The van der Waals surface area contributed by atoms with E-state index in [2.05, 4.69) is 15.4 Å². The maximum absolute atomic E-state index is 5.35. The van der Waals surface area contributed by atoms with Crippen LogP contribution in [0, 0.1) is 12.8 Å². The second-order valence-electron chi connectivity index (χ2n) is 4.83. The number of pyridine rings is 1. The summed E-state index contributed by atoms with van der Waals surface area (Å²) in [6, 6.07) is 4.03. The zero-order valence-corrected chi connectivity index (χ0v) is 10.6. The molecule has 0 saturated carbocycles. The van der Waals surface area contributed by atoms with Crippen LogP contribution in [-0.4, -0.2) is 34.4 Å². The lowest BCUT2D eigenvalue weighted by atomic mass is 10.0. The highest BCUT2D eigenvalue weighted by Crippen LogP contribution is 2.15. The summed E-state index contributed by atoms with van der Waals surface area (Å²) >= 11 is 0. The van der Waals surface area contributed by atoms with Crippen LogP contribution < -0.4 is 5.32 Å². The van der Waals surface area contributed by atoms with Gasteiger partial charge in [-0.05, 0) is 37.3 Å². The third kappa shape index (κ3) is 2.31. The molecule has 1 aliphatic heterocycles. The smallest absolute Gasteiger partial charge is 0.243 e. The Labute approximate surface area is 106 Å². The van der Waals surface area contributed by atoms with E-state index in [1.807, 2.05) is 29.8 Å². The molecule has 2 aromatic rings. The zero-order chi connectivity index (χ0) is 12.4. The average molecular weight is 246 g/mol. The predicted molar refractivity (Wildman–Crippen MR) is 69.8 cm³/mol. The van der Waals surface area contributed by atoms with Gasteiger partial charge in [0, 0.05) is 26.0 Å². The minimum atomic E-state index is 0.673. The Morgan fingerprint density at radius 1 is 1.44 bits per heavy atom. The first-order valence-electron chi connectivity index (χ1n) is 6.46. The third-order valence-corrected chi connectivity index (χ3v) is 3.45. The lowest BCUT2D eigenvalue weighted by molar-refractivity contribution is 0.0699. The van der Waals surface area contributed by atoms with Gasteiger partial charge in [-0.3, -0.25) is 0 Å². The quantitative estimate of drug-likeness (QED) is 0.898. The summed E-state index contributed by atoms with van der Waals surface area (Å²) in [6.07, 6.45) is 4.17. The van der Waals surface area contributed by atoms with Crippen molar-refractivity contribution in [1.29, 1.82) is 0 Å². The van der Waals surface area contributed by atoms with Crippen LogP contribution in [0.2, 0.25) is 0 Å². The molecule has 0 atom stereocenters. The highest BCUT2D eigenvalue weighted by Gasteiger charge is 2.14. The number of nitrogens with zero attached hydrogens (tertiary/aromatic N) is 3. The van der Waals surface area contributed by atoms with E-state index < -0.39 is 0 Å². The van der Waals surface area contributed by atoms with E-state index in [0.29, 0.717) is 5.92 Å². The van der Waals surface area contributed by atoms with Gasteiger partial charge in [0.1, 0.15) is 0 Å². The second-order valence-corrected chi connectivity index (χ2v) is 4.83. The Kier molecular flexibility index (Phi) is 3.15. The van der Waals surface area contributed by atoms with E-state index in [0.717, 1.165) is 49.8 Å². The highest BCUT2D eigenvalue weighted by atomic mass is 16.5. The Morgan fingerprint density at radius 3 is 3.06 bits per heavy atom. The van der Waals surface area contributed by atoms with Crippen molar-refractivity contribution >= 4 is 11.6 Å². The summed E-state index contributed by atoms with van der Waals surface area (Å²) in [5, 5.41) is 7.75. The van der Waals surface area contributed by atoms with Gasteiger partial charge in [0.25, 0.3) is 0 Å². The third-order valence-electron chi connectivity index (χ3n) is 3.45. The molecule has 1 saturated heterocycles. The number of hydrogen-bond donors (Lipinski definition) is 1. The summed E-state index contributed by atoms with van der Waals surface area (Å²) < 4.78 is 7.17. The van der Waals surface area contributed by atoms with Crippen LogP contribution in [0.4, 0.5) is 5.95 Å². The second kappa shape index (κ2) is 4.94. The van der Waals surface area contributed by atoms with E-state index in [-0.39, 0.29) is 0 Å². The van der Waals surface area contributed by atoms with Crippen molar-refractivity contribution in [2.45, 2.75) is 19.8 Å². The molecular formula is C13H18N4O. The molecule has 3 rings (SSSR count). The molecule has 0 spiro atoms. The molecule has 1 aliphatic rings. The molecule has 5 heteroatoms. The first-order valence-corrected chi connectivity index (χ1v) is 6.46. The number of fused-ring (bicyclic) bond motifs is 1. The molecule has 0 aromatic carbocycles. The zero-order valence-electron chi connectivity index (χ0n) is 10.6. The molecule has 0 aliphatic carbocycles. The van der Waals surface area contributed by atoms with E-state index >= 15 is 0 Å². The van der Waals surface area contributed by atoms with E-state index in [4.69, 9.17) is 4.74 Å². The minimum absolute atomic E-state index is 0.673. The van der Waals surface area contributed by atoms with Crippen LogP contribution >= 0.6 is 0 Å². The fraction of sp³-hybridized carbons (Fsp3) is 0.538. The predicted octanol–water partition coefficient (Wildman–Crippen LogP) is 1.88. The van der Waals surface area contributed by atoms with Crippen molar-refractivity contribution in [3.63, 3.8) is 0 Å². The van der Waals surface area contributed by atoms with E-state index in [9.17, 15) is 0 Å². The number of hydrogen-bond acceptors (Lipinski definition) is 4. The molecular weight excluding hydrogens is 228 g/mol. The Morgan fingerprint density at radius 2 is 2.28 bits per heavy atom. The van der Waals surface area contributed by atoms with Crippen molar-refractivity contribution in [3.05, 3.63) is 23.9 Å². The standard InChI is InChI=1S/C13H18N4O/c1-10-3-2-6-17-12(10)15-13(16-17)14-9-11-4-7-18-8-5-11/h2-3,6,11H,4-5,7-9H2,1H3,(H,14,16). The SMILES string of the molecule is Cc1cccn2nc(NCC3CCOCC3)nc12. The van der Waals surface area contributed by atoms with E-state index in [1.54, 1.807) is 0 Å². The Hall–Kier alpha value is -1.62. The van der Waals surface area contributed by atoms with Gasteiger partial charge >= 0.3 is 0 Å². The van der Waals surface area contributed by atoms with Crippen molar-refractivity contribution in [2.24, 2.45) is 5.92 Å². The van der Waals surface area contributed by atoms with Gasteiger partial charge in [0.05, 0.1) is 0 Å². The molecule has 0 radical (unpaired) electrons. The summed E-state index contributed by atoms with van der Waals surface area (Å²) in [5.41, 5.74) is 2.07. The van der Waals surface area contributed by atoms with Gasteiger partial charge in [0.2, 0.25) is 5.95 Å². The summed E-state index contributed by atoms with van der Waals surface area (Å²) in [7, 11) is 0. The van der Waals surface area contributed by atoms with Crippen LogP contribution in [0.5, 0.6) is 0 Å². The van der Waals surface area contributed by atoms with Crippen LogP contribution in [-0.2, 0) is 4.74 Å². The van der Waals surface area contributed by atoms with Crippen LogP contribution in [0.15, 0.2) is 18.3 Å². The number of nitrogens with one attached hydrogen (secondary N) is 1. The largest absolute Gasteiger partial charge is 0.381 e. The molecule has 0 amide bonds. The lowest BCUT2D eigenvalue weighted by Gasteiger charge is -2.21. The summed E-state index contributed by atoms with van der Waals surface area (Å²) in [6.45, 7) is 4.74. The Bertz CT molecular complexity index is 531. The number of aryl methyl sites for hydroxylation is 1.